The van der Waals surface area contributed by atoms with Gasteiger partial charge in [0.15, 0.2) is 0 Å². The van der Waals surface area contributed by atoms with Crippen LogP contribution < -0.4 is 11.1 Å². The fraction of sp³-hybridized carbons (Fsp3) is 0.133. The van der Waals surface area contributed by atoms with E-state index in [9.17, 15) is 4.79 Å². The Hall–Kier alpha value is -2.29. The molecule has 0 fully saturated rings. The summed E-state index contributed by atoms with van der Waals surface area (Å²) in [6, 6.07) is 16.0. The molecule has 0 heterocycles. The molecular weight excluding hydrogens is 224 g/mol. The van der Waals surface area contributed by atoms with Crippen LogP contribution in [-0.2, 0) is 6.42 Å². The third kappa shape index (κ3) is 2.69. The van der Waals surface area contributed by atoms with Gasteiger partial charge in [0.2, 0.25) is 0 Å². The molecule has 2 rings (SSSR count). The number of carbonyl (C=O) groups is 1. The predicted octanol–water partition coefficient (Wildman–Crippen LogP) is 3.21. The van der Waals surface area contributed by atoms with Crippen molar-refractivity contribution in [1.29, 1.82) is 0 Å². The number of amides is 2. The Balaban J connectivity index is 2.49. The van der Waals surface area contributed by atoms with Gasteiger partial charge in [-0.3, -0.25) is 0 Å². The Bertz CT molecular complexity index is 550. The SMILES string of the molecule is CCc1ccc(-c2cc[c]cc2)c(NC(N)=O)c1. The van der Waals surface area contributed by atoms with Gasteiger partial charge in [-0.05, 0) is 29.7 Å². The van der Waals surface area contributed by atoms with Gasteiger partial charge in [0, 0.05) is 5.56 Å². The van der Waals surface area contributed by atoms with E-state index in [1.54, 1.807) is 0 Å². The highest BCUT2D eigenvalue weighted by molar-refractivity contribution is 5.93. The maximum absolute atomic E-state index is 11.1. The number of primary amides is 1. The molecular formula is C15H15N2O. The van der Waals surface area contributed by atoms with Gasteiger partial charge in [0.25, 0.3) is 0 Å². The van der Waals surface area contributed by atoms with Gasteiger partial charge in [0.05, 0.1) is 5.69 Å². The van der Waals surface area contributed by atoms with E-state index in [0.29, 0.717) is 0 Å². The van der Waals surface area contributed by atoms with Crippen LogP contribution in [0.2, 0.25) is 0 Å². The van der Waals surface area contributed by atoms with Crippen LogP contribution in [0.15, 0.2) is 42.5 Å². The first kappa shape index (κ1) is 12.2. The summed E-state index contributed by atoms with van der Waals surface area (Å²) in [6.45, 7) is 2.07. The maximum atomic E-state index is 11.1. The summed E-state index contributed by atoms with van der Waals surface area (Å²) in [5.41, 5.74) is 9.09. The molecule has 0 saturated carbocycles. The topological polar surface area (TPSA) is 55.1 Å². The summed E-state index contributed by atoms with van der Waals surface area (Å²) < 4.78 is 0. The van der Waals surface area contributed by atoms with E-state index in [4.69, 9.17) is 5.73 Å². The number of aryl methyl sites for hydroxylation is 1. The quantitative estimate of drug-likeness (QED) is 0.849. The van der Waals surface area contributed by atoms with Crippen molar-refractivity contribution in [3.63, 3.8) is 0 Å². The lowest BCUT2D eigenvalue weighted by Crippen LogP contribution is -2.19. The number of rotatable bonds is 3. The molecule has 0 saturated heterocycles. The first-order valence-corrected chi connectivity index (χ1v) is 5.86. The molecule has 2 amide bonds. The van der Waals surface area contributed by atoms with E-state index < -0.39 is 6.03 Å². The maximum Gasteiger partial charge on any atom is 0.316 e. The van der Waals surface area contributed by atoms with Gasteiger partial charge in [-0.15, -0.1) is 0 Å². The molecule has 2 aromatic rings. The number of benzene rings is 2. The molecule has 0 atom stereocenters. The normalized spacial score (nSPS) is 10.1. The Morgan fingerprint density at radius 3 is 2.61 bits per heavy atom. The van der Waals surface area contributed by atoms with Gasteiger partial charge in [-0.2, -0.15) is 0 Å². The molecule has 91 valence electrons. The van der Waals surface area contributed by atoms with Gasteiger partial charge in [-0.1, -0.05) is 43.3 Å². The fourth-order valence-corrected chi connectivity index (χ4v) is 1.87. The summed E-state index contributed by atoms with van der Waals surface area (Å²) in [4.78, 5) is 11.1. The zero-order valence-electron chi connectivity index (χ0n) is 10.2. The van der Waals surface area contributed by atoms with Crippen molar-refractivity contribution in [2.24, 2.45) is 5.73 Å². The molecule has 0 bridgehead atoms. The van der Waals surface area contributed by atoms with E-state index in [-0.39, 0.29) is 0 Å². The van der Waals surface area contributed by atoms with Crippen LogP contribution in [0.3, 0.4) is 0 Å². The number of urea groups is 1. The standard InChI is InChI=1S/C15H15N2O/c1-2-11-8-9-13(12-6-4-3-5-7-12)14(10-11)17-15(16)18/h4-10H,2H2,1H3,(H3,16,17,18). The third-order valence-electron chi connectivity index (χ3n) is 2.78. The Kier molecular flexibility index (Phi) is 3.63. The molecule has 0 aliphatic heterocycles. The molecule has 1 radical (unpaired) electrons. The van der Waals surface area contributed by atoms with E-state index in [0.717, 1.165) is 28.8 Å². The van der Waals surface area contributed by atoms with Crippen molar-refractivity contribution in [3.8, 4) is 11.1 Å². The summed E-state index contributed by atoms with van der Waals surface area (Å²) in [5.74, 6) is 0. The number of hydrogen-bond donors (Lipinski definition) is 2. The molecule has 0 spiro atoms. The summed E-state index contributed by atoms with van der Waals surface area (Å²) in [7, 11) is 0. The Labute approximate surface area is 107 Å². The van der Waals surface area contributed by atoms with Crippen molar-refractivity contribution >= 4 is 11.7 Å². The lowest BCUT2D eigenvalue weighted by atomic mass is 10.0. The van der Waals surface area contributed by atoms with E-state index in [1.807, 2.05) is 36.4 Å². The second-order valence-electron chi connectivity index (χ2n) is 4.01. The van der Waals surface area contributed by atoms with Gasteiger partial charge >= 0.3 is 6.03 Å². The van der Waals surface area contributed by atoms with E-state index >= 15 is 0 Å². The summed E-state index contributed by atoms with van der Waals surface area (Å²) in [6.07, 6.45) is 0.913. The highest BCUT2D eigenvalue weighted by Crippen LogP contribution is 2.28. The van der Waals surface area contributed by atoms with Crippen molar-refractivity contribution < 1.29 is 4.79 Å². The average Bonchev–Trinajstić information content (AvgIpc) is 2.39. The second kappa shape index (κ2) is 5.36. The summed E-state index contributed by atoms with van der Waals surface area (Å²) >= 11 is 0. The molecule has 3 nitrogen and oxygen atoms in total. The monoisotopic (exact) mass is 239 g/mol. The fourth-order valence-electron chi connectivity index (χ4n) is 1.87. The average molecular weight is 239 g/mol. The van der Waals surface area contributed by atoms with Crippen LogP contribution in [0.4, 0.5) is 10.5 Å². The van der Waals surface area contributed by atoms with Crippen molar-refractivity contribution in [1.82, 2.24) is 0 Å². The first-order valence-electron chi connectivity index (χ1n) is 5.86. The molecule has 3 N–H and O–H groups in total. The molecule has 2 aromatic carbocycles. The molecule has 0 aliphatic carbocycles. The van der Waals surface area contributed by atoms with E-state index in [2.05, 4.69) is 24.4 Å². The highest BCUT2D eigenvalue weighted by atomic mass is 16.2. The first-order chi connectivity index (χ1) is 8.70. The van der Waals surface area contributed by atoms with Gasteiger partial charge in [0.1, 0.15) is 0 Å². The van der Waals surface area contributed by atoms with Gasteiger partial charge in [-0.25, -0.2) is 4.79 Å². The predicted molar refractivity (Wildman–Crippen MR) is 73.3 cm³/mol. The zero-order valence-corrected chi connectivity index (χ0v) is 10.2. The van der Waals surface area contributed by atoms with Crippen molar-refractivity contribution in [2.45, 2.75) is 13.3 Å². The minimum Gasteiger partial charge on any atom is -0.351 e. The largest absolute Gasteiger partial charge is 0.351 e. The van der Waals surface area contributed by atoms with Crippen LogP contribution in [0.5, 0.6) is 0 Å². The number of nitrogens with one attached hydrogen (secondary N) is 1. The molecule has 3 heteroatoms. The molecule has 0 aromatic heterocycles. The third-order valence-corrected chi connectivity index (χ3v) is 2.78. The highest BCUT2D eigenvalue weighted by Gasteiger charge is 2.07. The number of hydrogen-bond acceptors (Lipinski definition) is 1. The minimum atomic E-state index is -0.549. The number of nitrogens with two attached hydrogens (primary N) is 1. The Morgan fingerprint density at radius 2 is 2.00 bits per heavy atom. The lowest BCUT2D eigenvalue weighted by molar-refractivity contribution is 0.259. The Morgan fingerprint density at radius 1 is 1.28 bits per heavy atom. The van der Waals surface area contributed by atoms with Crippen LogP contribution in [0.25, 0.3) is 11.1 Å². The van der Waals surface area contributed by atoms with Crippen LogP contribution >= 0.6 is 0 Å². The number of carbonyl (C=O) groups excluding carboxylic acids is 1. The lowest BCUT2D eigenvalue weighted by Gasteiger charge is -2.11. The van der Waals surface area contributed by atoms with Crippen LogP contribution in [-0.4, -0.2) is 6.03 Å². The smallest absolute Gasteiger partial charge is 0.316 e. The van der Waals surface area contributed by atoms with Gasteiger partial charge < -0.3 is 11.1 Å². The van der Waals surface area contributed by atoms with Crippen LogP contribution in [0, 0.1) is 6.07 Å². The van der Waals surface area contributed by atoms with Crippen LogP contribution in [0.1, 0.15) is 12.5 Å². The molecule has 0 unspecified atom stereocenters. The van der Waals surface area contributed by atoms with E-state index in [1.165, 1.54) is 0 Å². The minimum absolute atomic E-state index is 0.549. The molecule has 18 heavy (non-hydrogen) atoms. The van der Waals surface area contributed by atoms with Crippen molar-refractivity contribution in [2.75, 3.05) is 5.32 Å². The number of anilines is 1. The van der Waals surface area contributed by atoms with Crippen molar-refractivity contribution in [3.05, 3.63) is 54.1 Å². The molecule has 0 aliphatic rings. The summed E-state index contributed by atoms with van der Waals surface area (Å²) in [5, 5.41) is 2.68. The second-order valence-corrected chi connectivity index (χ2v) is 4.01. The zero-order chi connectivity index (χ0) is 13.0.